The summed E-state index contributed by atoms with van der Waals surface area (Å²) in [4.78, 5) is 8.33. The number of ether oxygens (including phenoxy) is 2. The molecule has 2 rings (SSSR count). The second-order valence-electron chi connectivity index (χ2n) is 3.54. The molecule has 7 heteroatoms. The highest BCUT2D eigenvalue weighted by Crippen LogP contribution is 2.32. The lowest BCUT2D eigenvalue weighted by molar-refractivity contribution is 0.394. The molecule has 19 heavy (non-hydrogen) atoms. The van der Waals surface area contributed by atoms with Gasteiger partial charge in [-0.25, -0.2) is 9.97 Å². The predicted molar refractivity (Wildman–Crippen MR) is 78.3 cm³/mol. The van der Waals surface area contributed by atoms with Crippen LogP contribution in [0.15, 0.2) is 22.7 Å². The highest BCUT2D eigenvalue weighted by Gasteiger charge is 2.12. The molecule has 2 aromatic rings. The molecule has 100 valence electrons. The molecule has 4 nitrogen and oxygen atoms in total. The molecule has 0 bridgehead atoms. The monoisotopic (exact) mass is 362 g/mol. The van der Waals surface area contributed by atoms with Gasteiger partial charge < -0.3 is 9.47 Å². The third-order valence-electron chi connectivity index (χ3n) is 2.38. The van der Waals surface area contributed by atoms with E-state index in [4.69, 9.17) is 32.7 Å². The topological polar surface area (TPSA) is 44.2 Å². The first kappa shape index (κ1) is 14.4. The number of hydrogen-bond donors (Lipinski definition) is 0. The number of benzene rings is 1. The molecule has 0 amide bonds. The van der Waals surface area contributed by atoms with Crippen LogP contribution in [0.5, 0.6) is 11.5 Å². The standard InChI is InChI=1S/C12H9BrCl2N2O2/c1-18-7-3-6(4-8(5-7)19-2)12-16-10(14)9(13)11(15)17-12/h3-5H,1-2H3. The van der Waals surface area contributed by atoms with Gasteiger partial charge in [0.25, 0.3) is 0 Å². The Morgan fingerprint density at radius 3 is 1.84 bits per heavy atom. The Labute approximate surface area is 128 Å². The molecule has 0 unspecified atom stereocenters. The second-order valence-corrected chi connectivity index (χ2v) is 5.05. The van der Waals surface area contributed by atoms with Gasteiger partial charge in [-0.3, -0.25) is 0 Å². The van der Waals surface area contributed by atoms with E-state index in [1.807, 2.05) is 0 Å². The molecular weight excluding hydrogens is 355 g/mol. The largest absolute Gasteiger partial charge is 0.497 e. The number of hydrogen-bond acceptors (Lipinski definition) is 4. The van der Waals surface area contributed by atoms with E-state index in [1.165, 1.54) is 0 Å². The molecule has 0 radical (unpaired) electrons. The Balaban J connectivity index is 2.58. The minimum atomic E-state index is 0.247. The van der Waals surface area contributed by atoms with Gasteiger partial charge in [0.2, 0.25) is 0 Å². The summed E-state index contributed by atoms with van der Waals surface area (Å²) in [5.41, 5.74) is 0.701. The van der Waals surface area contributed by atoms with Gasteiger partial charge in [0, 0.05) is 11.6 Å². The predicted octanol–water partition coefficient (Wildman–Crippen LogP) is 4.23. The molecule has 1 heterocycles. The van der Waals surface area contributed by atoms with Crippen molar-refractivity contribution in [1.29, 1.82) is 0 Å². The van der Waals surface area contributed by atoms with E-state index in [0.29, 0.717) is 27.4 Å². The zero-order chi connectivity index (χ0) is 14.0. The maximum Gasteiger partial charge on any atom is 0.162 e. The third kappa shape index (κ3) is 3.11. The number of rotatable bonds is 3. The Morgan fingerprint density at radius 2 is 1.42 bits per heavy atom. The van der Waals surface area contributed by atoms with Gasteiger partial charge in [0.1, 0.15) is 21.8 Å². The summed E-state index contributed by atoms with van der Waals surface area (Å²) in [6, 6.07) is 5.31. The fourth-order valence-electron chi connectivity index (χ4n) is 1.46. The van der Waals surface area contributed by atoms with Crippen LogP contribution in [0.1, 0.15) is 0 Å². The molecule has 0 aliphatic heterocycles. The van der Waals surface area contributed by atoms with E-state index >= 15 is 0 Å². The number of methoxy groups -OCH3 is 2. The molecule has 1 aromatic carbocycles. The van der Waals surface area contributed by atoms with Crippen molar-refractivity contribution >= 4 is 39.1 Å². The van der Waals surface area contributed by atoms with Gasteiger partial charge in [-0.1, -0.05) is 23.2 Å². The maximum absolute atomic E-state index is 5.97. The maximum atomic E-state index is 5.97. The van der Waals surface area contributed by atoms with Crippen molar-refractivity contribution in [2.75, 3.05) is 14.2 Å². The molecule has 0 saturated heterocycles. The zero-order valence-corrected chi connectivity index (χ0v) is 13.2. The lowest BCUT2D eigenvalue weighted by Crippen LogP contribution is -1.94. The smallest absolute Gasteiger partial charge is 0.162 e. The average Bonchev–Trinajstić information content (AvgIpc) is 2.43. The van der Waals surface area contributed by atoms with Crippen molar-refractivity contribution in [2.24, 2.45) is 0 Å². The van der Waals surface area contributed by atoms with Crippen LogP contribution in [-0.4, -0.2) is 24.2 Å². The molecule has 0 saturated carbocycles. The molecule has 0 fully saturated rings. The van der Waals surface area contributed by atoms with Crippen LogP contribution in [0.25, 0.3) is 11.4 Å². The summed E-state index contributed by atoms with van der Waals surface area (Å²) in [5.74, 6) is 1.66. The van der Waals surface area contributed by atoms with Crippen molar-refractivity contribution in [3.63, 3.8) is 0 Å². The summed E-state index contributed by atoms with van der Waals surface area (Å²) >= 11 is 15.1. The lowest BCUT2D eigenvalue weighted by Gasteiger charge is -2.08. The first-order valence-corrected chi connectivity index (χ1v) is 6.72. The summed E-state index contributed by atoms with van der Waals surface area (Å²) in [6.07, 6.45) is 0. The van der Waals surface area contributed by atoms with Crippen molar-refractivity contribution < 1.29 is 9.47 Å². The molecule has 1 aromatic heterocycles. The van der Waals surface area contributed by atoms with Crippen LogP contribution in [0, 0.1) is 0 Å². The number of aromatic nitrogens is 2. The summed E-state index contributed by atoms with van der Waals surface area (Å²) in [6.45, 7) is 0. The zero-order valence-electron chi connectivity index (χ0n) is 10.1. The lowest BCUT2D eigenvalue weighted by atomic mass is 10.2. The van der Waals surface area contributed by atoms with Gasteiger partial charge in [-0.15, -0.1) is 0 Å². The van der Waals surface area contributed by atoms with Crippen LogP contribution in [0.4, 0.5) is 0 Å². The van der Waals surface area contributed by atoms with Crippen molar-refractivity contribution in [1.82, 2.24) is 9.97 Å². The highest BCUT2D eigenvalue weighted by atomic mass is 79.9. The van der Waals surface area contributed by atoms with Gasteiger partial charge in [-0.05, 0) is 28.1 Å². The normalized spacial score (nSPS) is 10.4. The van der Waals surface area contributed by atoms with E-state index in [2.05, 4.69) is 25.9 Å². The van der Waals surface area contributed by atoms with Crippen LogP contribution in [0.2, 0.25) is 10.3 Å². The van der Waals surface area contributed by atoms with E-state index in [9.17, 15) is 0 Å². The molecule has 0 aliphatic rings. The SMILES string of the molecule is COc1cc(OC)cc(-c2nc(Cl)c(Br)c(Cl)n2)c1. The Bertz CT molecular complexity index is 577. The molecule has 0 aliphatic carbocycles. The molecule has 0 N–H and O–H groups in total. The molecule has 0 atom stereocenters. The van der Waals surface area contributed by atoms with Crippen LogP contribution >= 0.6 is 39.1 Å². The van der Waals surface area contributed by atoms with Crippen LogP contribution < -0.4 is 9.47 Å². The summed E-state index contributed by atoms with van der Waals surface area (Å²) in [5, 5.41) is 0.494. The van der Waals surface area contributed by atoms with Gasteiger partial charge in [-0.2, -0.15) is 0 Å². The first-order valence-electron chi connectivity index (χ1n) is 5.17. The number of nitrogens with zero attached hydrogens (tertiary/aromatic N) is 2. The summed E-state index contributed by atoms with van der Waals surface area (Å²) < 4.78 is 10.9. The van der Waals surface area contributed by atoms with E-state index in [-0.39, 0.29) is 10.3 Å². The minimum Gasteiger partial charge on any atom is -0.497 e. The fourth-order valence-corrected chi connectivity index (χ4v) is 2.02. The fraction of sp³-hybridized carbons (Fsp3) is 0.167. The van der Waals surface area contributed by atoms with E-state index < -0.39 is 0 Å². The van der Waals surface area contributed by atoms with Crippen LogP contribution in [0.3, 0.4) is 0 Å². The average molecular weight is 364 g/mol. The third-order valence-corrected chi connectivity index (χ3v) is 4.13. The van der Waals surface area contributed by atoms with Crippen molar-refractivity contribution in [3.05, 3.63) is 33.0 Å². The van der Waals surface area contributed by atoms with Gasteiger partial charge >= 0.3 is 0 Å². The van der Waals surface area contributed by atoms with Crippen LogP contribution in [-0.2, 0) is 0 Å². The summed E-state index contributed by atoms with van der Waals surface area (Å²) in [7, 11) is 3.14. The van der Waals surface area contributed by atoms with Crippen molar-refractivity contribution in [3.8, 4) is 22.9 Å². The number of halogens is 3. The molecule has 0 spiro atoms. The van der Waals surface area contributed by atoms with Gasteiger partial charge in [0.15, 0.2) is 5.82 Å². The van der Waals surface area contributed by atoms with E-state index in [1.54, 1.807) is 32.4 Å². The Hall–Kier alpha value is -1.04. The second kappa shape index (κ2) is 5.94. The van der Waals surface area contributed by atoms with E-state index in [0.717, 1.165) is 0 Å². The van der Waals surface area contributed by atoms with Gasteiger partial charge in [0.05, 0.1) is 18.7 Å². The Morgan fingerprint density at radius 1 is 0.947 bits per heavy atom. The first-order chi connectivity index (χ1) is 9.05. The molecular formula is C12H9BrCl2N2O2. The highest BCUT2D eigenvalue weighted by molar-refractivity contribution is 9.10. The Kier molecular flexibility index (Phi) is 4.50. The van der Waals surface area contributed by atoms with Crippen molar-refractivity contribution in [2.45, 2.75) is 0 Å². The minimum absolute atomic E-state index is 0.247. The quantitative estimate of drug-likeness (QED) is 0.765.